The molecule has 1 unspecified atom stereocenters. The quantitative estimate of drug-likeness (QED) is 0.591. The topological polar surface area (TPSA) is 37.3 Å². The van der Waals surface area contributed by atoms with Gasteiger partial charge >= 0.3 is 0 Å². The first-order valence-electron chi connectivity index (χ1n) is 4.70. The van der Waals surface area contributed by atoms with Gasteiger partial charge in [-0.2, -0.15) is 0 Å². The van der Waals surface area contributed by atoms with Crippen LogP contribution < -0.4 is 0 Å². The van der Waals surface area contributed by atoms with Crippen molar-refractivity contribution in [3.8, 4) is 0 Å². The molecule has 0 spiro atoms. The molecule has 12 heavy (non-hydrogen) atoms. The predicted octanol–water partition coefficient (Wildman–Crippen LogP) is 1.44. The van der Waals surface area contributed by atoms with E-state index < -0.39 is 6.10 Å². The summed E-state index contributed by atoms with van der Waals surface area (Å²) in [6, 6.07) is 0. The molecule has 0 aromatic rings. The van der Waals surface area contributed by atoms with E-state index in [0.717, 1.165) is 12.8 Å². The lowest BCUT2D eigenvalue weighted by molar-refractivity contribution is -0.123. The van der Waals surface area contributed by atoms with Crippen molar-refractivity contribution in [3.63, 3.8) is 0 Å². The van der Waals surface area contributed by atoms with Crippen LogP contribution in [0.5, 0.6) is 0 Å². The number of rotatable bonds is 0. The summed E-state index contributed by atoms with van der Waals surface area (Å²) in [5.74, 6) is 0.426. The highest BCUT2D eigenvalue weighted by atomic mass is 16.3. The molecule has 1 saturated carbocycles. The zero-order valence-electron chi connectivity index (χ0n) is 7.12. The monoisotopic (exact) mass is 166 g/mol. The van der Waals surface area contributed by atoms with Gasteiger partial charge in [0.05, 0.1) is 0 Å². The Labute approximate surface area is 72.3 Å². The number of allylic oxidation sites excluding steroid dienone is 1. The van der Waals surface area contributed by atoms with Crippen molar-refractivity contribution >= 4 is 5.78 Å². The molecule has 66 valence electrons. The maximum atomic E-state index is 11.1. The summed E-state index contributed by atoms with van der Waals surface area (Å²) in [6.45, 7) is 0. The minimum Gasteiger partial charge on any atom is -0.385 e. The summed E-state index contributed by atoms with van der Waals surface area (Å²) in [5, 5.41) is 9.32. The second-order valence-corrected chi connectivity index (χ2v) is 3.82. The van der Waals surface area contributed by atoms with Crippen molar-refractivity contribution in [1.82, 2.24) is 0 Å². The molecule has 0 radical (unpaired) electrons. The van der Waals surface area contributed by atoms with Crippen molar-refractivity contribution < 1.29 is 9.90 Å². The van der Waals surface area contributed by atoms with Gasteiger partial charge in [-0.05, 0) is 37.7 Å². The van der Waals surface area contributed by atoms with Crippen LogP contribution in [0.25, 0.3) is 0 Å². The van der Waals surface area contributed by atoms with Crippen LogP contribution in [0.1, 0.15) is 32.1 Å². The van der Waals surface area contributed by atoms with Gasteiger partial charge in [-0.1, -0.05) is 12.0 Å². The molecule has 2 atom stereocenters. The second kappa shape index (κ2) is 3.02. The molecule has 2 rings (SSSR count). The smallest absolute Gasteiger partial charge is 0.184 e. The first kappa shape index (κ1) is 7.99. The maximum Gasteiger partial charge on any atom is 0.184 e. The minimum absolute atomic E-state index is 0.0804. The molecule has 0 bridgehead atoms. The molecule has 0 amide bonds. The molecule has 2 aliphatic rings. The Hall–Kier alpha value is -0.630. The van der Waals surface area contributed by atoms with E-state index in [1.807, 2.05) is 0 Å². The standard InChI is InChI=1S/C10H14O2/c11-9-5-7-3-1-2-4-8(7)6-10(9)12/h5,8,10,12H,1-4,6H2/t8?,10-/m0/s1. The number of hydrogen-bond donors (Lipinski definition) is 1. The van der Waals surface area contributed by atoms with Crippen molar-refractivity contribution in [3.05, 3.63) is 11.6 Å². The molecule has 0 aromatic carbocycles. The normalized spacial score (nSPS) is 35.8. The Morgan fingerprint density at radius 1 is 1.42 bits per heavy atom. The molecule has 0 aliphatic heterocycles. The lowest BCUT2D eigenvalue weighted by Gasteiger charge is -2.30. The molecule has 1 N–H and O–H groups in total. The van der Waals surface area contributed by atoms with Crippen LogP contribution in [0.15, 0.2) is 11.6 Å². The van der Waals surface area contributed by atoms with Crippen LogP contribution in [-0.2, 0) is 4.79 Å². The Morgan fingerprint density at radius 3 is 3.08 bits per heavy atom. The van der Waals surface area contributed by atoms with Crippen LogP contribution in [0.2, 0.25) is 0 Å². The lowest BCUT2D eigenvalue weighted by atomic mass is 9.76. The molecule has 1 fully saturated rings. The van der Waals surface area contributed by atoms with E-state index in [9.17, 15) is 9.90 Å². The van der Waals surface area contributed by atoms with Crippen LogP contribution in [0.3, 0.4) is 0 Å². The van der Waals surface area contributed by atoms with E-state index in [1.165, 1.54) is 18.4 Å². The molecule has 0 heterocycles. The number of aliphatic hydroxyl groups is 1. The average Bonchev–Trinajstić information content (AvgIpc) is 2.07. The zero-order chi connectivity index (χ0) is 8.55. The minimum atomic E-state index is -0.711. The number of ketones is 1. The van der Waals surface area contributed by atoms with Gasteiger partial charge in [0.15, 0.2) is 5.78 Å². The molecule has 0 saturated heterocycles. The molecule has 2 nitrogen and oxygen atoms in total. The van der Waals surface area contributed by atoms with Gasteiger partial charge < -0.3 is 5.11 Å². The van der Waals surface area contributed by atoms with Gasteiger partial charge in [0.2, 0.25) is 0 Å². The van der Waals surface area contributed by atoms with Crippen LogP contribution in [0, 0.1) is 5.92 Å². The van der Waals surface area contributed by atoms with E-state index >= 15 is 0 Å². The van der Waals surface area contributed by atoms with E-state index in [2.05, 4.69) is 0 Å². The summed E-state index contributed by atoms with van der Waals surface area (Å²) >= 11 is 0. The summed E-state index contributed by atoms with van der Waals surface area (Å²) in [7, 11) is 0. The predicted molar refractivity (Wildman–Crippen MR) is 45.7 cm³/mol. The van der Waals surface area contributed by atoms with E-state index in [1.54, 1.807) is 6.08 Å². The van der Waals surface area contributed by atoms with Gasteiger partial charge in [-0.25, -0.2) is 0 Å². The van der Waals surface area contributed by atoms with Crippen molar-refractivity contribution in [2.75, 3.05) is 0 Å². The largest absolute Gasteiger partial charge is 0.385 e. The highest BCUT2D eigenvalue weighted by Crippen LogP contribution is 2.35. The first-order chi connectivity index (χ1) is 5.77. The Bertz CT molecular complexity index is 230. The van der Waals surface area contributed by atoms with Crippen LogP contribution >= 0.6 is 0 Å². The fourth-order valence-corrected chi connectivity index (χ4v) is 2.23. The number of aliphatic hydroxyl groups excluding tert-OH is 1. The third kappa shape index (κ3) is 1.31. The third-order valence-corrected chi connectivity index (χ3v) is 2.96. The van der Waals surface area contributed by atoms with Gasteiger partial charge in [0.25, 0.3) is 0 Å². The first-order valence-corrected chi connectivity index (χ1v) is 4.70. The van der Waals surface area contributed by atoms with Crippen LogP contribution in [0.4, 0.5) is 0 Å². The molecule has 2 heteroatoms. The molecular weight excluding hydrogens is 152 g/mol. The fraction of sp³-hybridized carbons (Fsp3) is 0.700. The number of carbonyl (C=O) groups is 1. The van der Waals surface area contributed by atoms with E-state index in [-0.39, 0.29) is 5.78 Å². The summed E-state index contributed by atoms with van der Waals surface area (Å²) in [6.07, 6.45) is 6.34. The van der Waals surface area contributed by atoms with Gasteiger partial charge in [-0.15, -0.1) is 0 Å². The fourth-order valence-electron chi connectivity index (χ4n) is 2.23. The highest BCUT2D eigenvalue weighted by Gasteiger charge is 2.29. The van der Waals surface area contributed by atoms with Crippen molar-refractivity contribution in [2.45, 2.75) is 38.2 Å². The van der Waals surface area contributed by atoms with Crippen molar-refractivity contribution in [1.29, 1.82) is 0 Å². The van der Waals surface area contributed by atoms with E-state index in [0.29, 0.717) is 12.3 Å². The summed E-state index contributed by atoms with van der Waals surface area (Å²) < 4.78 is 0. The van der Waals surface area contributed by atoms with Gasteiger partial charge in [-0.3, -0.25) is 4.79 Å². The average molecular weight is 166 g/mol. The molecule has 0 aromatic heterocycles. The molecular formula is C10H14O2. The maximum absolute atomic E-state index is 11.1. The third-order valence-electron chi connectivity index (χ3n) is 2.96. The van der Waals surface area contributed by atoms with E-state index in [4.69, 9.17) is 0 Å². The van der Waals surface area contributed by atoms with Gasteiger partial charge in [0.1, 0.15) is 6.10 Å². The van der Waals surface area contributed by atoms with Crippen molar-refractivity contribution in [2.24, 2.45) is 5.92 Å². The number of carbonyl (C=O) groups excluding carboxylic acids is 1. The Kier molecular flexibility index (Phi) is 2.01. The molecule has 2 aliphatic carbocycles. The zero-order valence-corrected chi connectivity index (χ0v) is 7.12. The number of fused-ring (bicyclic) bond motifs is 1. The Balaban J connectivity index is 2.19. The van der Waals surface area contributed by atoms with Gasteiger partial charge in [0, 0.05) is 0 Å². The number of hydrogen-bond acceptors (Lipinski definition) is 2. The summed E-state index contributed by atoms with van der Waals surface area (Å²) in [4.78, 5) is 11.1. The van der Waals surface area contributed by atoms with Crippen LogP contribution in [-0.4, -0.2) is 17.0 Å². The highest BCUT2D eigenvalue weighted by molar-refractivity contribution is 5.95. The lowest BCUT2D eigenvalue weighted by Crippen LogP contribution is -2.29. The summed E-state index contributed by atoms with van der Waals surface area (Å²) in [5.41, 5.74) is 1.29. The SMILES string of the molecule is O=C1C=C2CCCCC2C[C@@H]1O. The second-order valence-electron chi connectivity index (χ2n) is 3.82. The Morgan fingerprint density at radius 2 is 2.25 bits per heavy atom.